The minimum absolute atomic E-state index is 0.173. The Morgan fingerprint density at radius 2 is 1.85 bits per heavy atom. The third kappa shape index (κ3) is 5.35. The van der Waals surface area contributed by atoms with E-state index in [0.29, 0.717) is 17.0 Å². The number of carbonyl (C=O) groups is 2. The molecule has 2 aromatic carbocycles. The topological polar surface area (TPSA) is 88.4 Å². The van der Waals surface area contributed by atoms with Crippen LogP contribution in [0.25, 0.3) is 0 Å². The van der Waals surface area contributed by atoms with Crippen molar-refractivity contribution in [2.75, 3.05) is 5.32 Å². The van der Waals surface area contributed by atoms with E-state index in [1.807, 2.05) is 12.1 Å². The lowest BCUT2D eigenvalue weighted by atomic mass is 10.1. The maximum absolute atomic E-state index is 12.3. The zero-order valence-electron chi connectivity index (χ0n) is 14.9. The highest BCUT2D eigenvalue weighted by Crippen LogP contribution is 2.22. The van der Waals surface area contributed by atoms with Crippen molar-refractivity contribution in [2.45, 2.75) is 33.0 Å². The average Bonchev–Trinajstić information content (AvgIpc) is 2.61. The molecule has 0 aliphatic heterocycles. The van der Waals surface area contributed by atoms with E-state index in [1.165, 1.54) is 6.92 Å². The van der Waals surface area contributed by atoms with Crippen molar-refractivity contribution in [3.05, 3.63) is 59.7 Å². The highest BCUT2D eigenvalue weighted by atomic mass is 16.6. The van der Waals surface area contributed by atoms with Crippen LogP contribution in [0.1, 0.15) is 38.0 Å². The van der Waals surface area contributed by atoms with Crippen LogP contribution in [0.4, 0.5) is 5.69 Å². The Kier molecular flexibility index (Phi) is 6.34. The van der Waals surface area contributed by atoms with Crippen LogP contribution in [0.3, 0.4) is 0 Å². The summed E-state index contributed by atoms with van der Waals surface area (Å²) in [5.41, 5.74) is 1.84. The monoisotopic (exact) mass is 352 g/mol. The number of nitrogens with one attached hydrogen (secondary N) is 1. The molecule has 0 bridgehead atoms. The summed E-state index contributed by atoms with van der Waals surface area (Å²) in [6.45, 7) is 4.76. The van der Waals surface area contributed by atoms with E-state index in [9.17, 15) is 9.59 Å². The highest BCUT2D eigenvalue weighted by molar-refractivity contribution is 5.88. The molecule has 0 aromatic heterocycles. The number of nitriles is 1. The van der Waals surface area contributed by atoms with Crippen molar-refractivity contribution < 1.29 is 19.1 Å². The normalized spacial score (nSPS) is 12.4. The van der Waals surface area contributed by atoms with Gasteiger partial charge in [0.05, 0.1) is 11.6 Å². The van der Waals surface area contributed by atoms with E-state index >= 15 is 0 Å². The first-order chi connectivity index (χ1) is 12.4. The second-order valence-corrected chi connectivity index (χ2v) is 5.79. The predicted molar refractivity (Wildman–Crippen MR) is 96.5 cm³/mol. The summed E-state index contributed by atoms with van der Waals surface area (Å²) in [6, 6.07) is 15.7. The number of ether oxygens (including phenoxy) is 2. The number of carbonyl (C=O) groups excluding carboxylic acids is 2. The summed E-state index contributed by atoms with van der Waals surface area (Å²) in [5.74, 6) is -0.271. The van der Waals surface area contributed by atoms with Gasteiger partial charge in [-0.3, -0.25) is 4.79 Å². The fourth-order valence-electron chi connectivity index (χ4n) is 2.30. The Bertz CT molecular complexity index is 842. The zero-order valence-corrected chi connectivity index (χ0v) is 14.9. The van der Waals surface area contributed by atoms with Gasteiger partial charge in [0.1, 0.15) is 11.9 Å². The number of hydrogen-bond acceptors (Lipinski definition) is 5. The van der Waals surface area contributed by atoms with Gasteiger partial charge in [-0.2, -0.15) is 5.26 Å². The number of amides is 1. The first-order valence-electron chi connectivity index (χ1n) is 8.14. The third-order valence-electron chi connectivity index (χ3n) is 3.58. The fourth-order valence-corrected chi connectivity index (χ4v) is 2.30. The smallest absolute Gasteiger partial charge is 0.347 e. The molecule has 1 amide bonds. The summed E-state index contributed by atoms with van der Waals surface area (Å²) >= 11 is 0. The molecule has 0 saturated heterocycles. The molecular weight excluding hydrogens is 332 g/mol. The predicted octanol–water partition coefficient (Wildman–Crippen LogP) is 3.59. The SMILES string of the molecule is CC(=O)Nc1cccc(C(C)OC(=O)C(C)Oc2cccc(C#N)c2)c1. The van der Waals surface area contributed by atoms with Gasteiger partial charge in [0.15, 0.2) is 6.10 Å². The van der Waals surface area contributed by atoms with Crippen molar-refractivity contribution in [1.29, 1.82) is 5.26 Å². The van der Waals surface area contributed by atoms with Gasteiger partial charge < -0.3 is 14.8 Å². The number of hydrogen-bond donors (Lipinski definition) is 1. The molecule has 0 fully saturated rings. The van der Waals surface area contributed by atoms with Gasteiger partial charge in [-0.25, -0.2) is 4.79 Å². The van der Waals surface area contributed by atoms with Gasteiger partial charge in [-0.15, -0.1) is 0 Å². The molecule has 0 aliphatic rings. The maximum atomic E-state index is 12.3. The molecule has 0 heterocycles. The summed E-state index contributed by atoms with van der Waals surface area (Å²) < 4.78 is 11.0. The van der Waals surface area contributed by atoms with Crippen LogP contribution in [0.15, 0.2) is 48.5 Å². The van der Waals surface area contributed by atoms with Gasteiger partial charge in [0.2, 0.25) is 5.91 Å². The first-order valence-corrected chi connectivity index (χ1v) is 8.14. The molecule has 2 unspecified atom stereocenters. The van der Waals surface area contributed by atoms with Gasteiger partial charge in [-0.1, -0.05) is 18.2 Å². The lowest BCUT2D eigenvalue weighted by Gasteiger charge is -2.19. The van der Waals surface area contributed by atoms with Crippen LogP contribution < -0.4 is 10.1 Å². The lowest BCUT2D eigenvalue weighted by molar-refractivity contribution is -0.156. The van der Waals surface area contributed by atoms with Gasteiger partial charge in [0.25, 0.3) is 0 Å². The van der Waals surface area contributed by atoms with Gasteiger partial charge >= 0.3 is 5.97 Å². The minimum atomic E-state index is -0.829. The molecule has 0 aliphatic carbocycles. The Hall–Kier alpha value is -3.33. The molecule has 6 heteroatoms. The van der Waals surface area contributed by atoms with Crippen LogP contribution in [-0.4, -0.2) is 18.0 Å². The van der Waals surface area contributed by atoms with Crippen LogP contribution >= 0.6 is 0 Å². The van der Waals surface area contributed by atoms with Crippen LogP contribution in [-0.2, 0) is 14.3 Å². The molecule has 0 radical (unpaired) electrons. The number of esters is 1. The summed E-state index contributed by atoms with van der Waals surface area (Å²) in [4.78, 5) is 23.4. The van der Waals surface area contributed by atoms with E-state index in [2.05, 4.69) is 5.32 Å². The minimum Gasteiger partial charge on any atom is -0.479 e. The number of rotatable bonds is 6. The number of anilines is 1. The van der Waals surface area contributed by atoms with Crippen LogP contribution in [0.5, 0.6) is 5.75 Å². The van der Waals surface area contributed by atoms with Crippen LogP contribution in [0.2, 0.25) is 0 Å². The molecule has 0 saturated carbocycles. The second kappa shape index (κ2) is 8.67. The summed E-state index contributed by atoms with van der Waals surface area (Å²) in [7, 11) is 0. The van der Waals surface area contributed by atoms with E-state index in [0.717, 1.165) is 5.56 Å². The van der Waals surface area contributed by atoms with Crippen molar-refractivity contribution in [3.63, 3.8) is 0 Å². The van der Waals surface area contributed by atoms with E-state index in [1.54, 1.807) is 56.3 Å². The molecule has 134 valence electrons. The zero-order chi connectivity index (χ0) is 19.1. The summed E-state index contributed by atoms with van der Waals surface area (Å²) in [6.07, 6.45) is -1.34. The van der Waals surface area contributed by atoms with Crippen molar-refractivity contribution >= 4 is 17.6 Å². The first kappa shape index (κ1) is 19.0. The molecule has 2 aromatic rings. The Balaban J connectivity index is 1.99. The standard InChI is InChI=1S/C20H20N2O4/c1-13(17-7-5-8-18(11-17)22-15(3)23)26-20(24)14(2)25-19-9-4-6-16(10-19)12-21/h4-11,13-14H,1-3H3,(H,22,23). The Labute approximate surface area is 152 Å². The summed E-state index contributed by atoms with van der Waals surface area (Å²) in [5, 5.41) is 11.6. The number of benzene rings is 2. The second-order valence-electron chi connectivity index (χ2n) is 5.79. The number of nitrogens with zero attached hydrogens (tertiary/aromatic N) is 1. The van der Waals surface area contributed by atoms with Crippen molar-refractivity contribution in [2.24, 2.45) is 0 Å². The van der Waals surface area contributed by atoms with E-state index in [4.69, 9.17) is 14.7 Å². The molecule has 2 rings (SSSR count). The molecule has 1 N–H and O–H groups in total. The molecule has 26 heavy (non-hydrogen) atoms. The largest absolute Gasteiger partial charge is 0.479 e. The van der Waals surface area contributed by atoms with Gasteiger partial charge in [0, 0.05) is 12.6 Å². The fraction of sp³-hybridized carbons (Fsp3) is 0.250. The van der Waals surface area contributed by atoms with Crippen molar-refractivity contribution in [1.82, 2.24) is 0 Å². The Morgan fingerprint density at radius 1 is 1.12 bits per heavy atom. The third-order valence-corrected chi connectivity index (χ3v) is 3.58. The van der Waals surface area contributed by atoms with Gasteiger partial charge in [-0.05, 0) is 49.7 Å². The Morgan fingerprint density at radius 3 is 2.54 bits per heavy atom. The van der Waals surface area contributed by atoms with Crippen LogP contribution in [0, 0.1) is 11.3 Å². The average molecular weight is 352 g/mol. The lowest BCUT2D eigenvalue weighted by Crippen LogP contribution is -2.27. The molecule has 2 atom stereocenters. The maximum Gasteiger partial charge on any atom is 0.347 e. The van der Waals surface area contributed by atoms with Crippen molar-refractivity contribution in [3.8, 4) is 11.8 Å². The molecular formula is C20H20N2O4. The molecule has 6 nitrogen and oxygen atoms in total. The highest BCUT2D eigenvalue weighted by Gasteiger charge is 2.20. The van der Waals surface area contributed by atoms with E-state index < -0.39 is 18.2 Å². The quantitative estimate of drug-likeness (QED) is 0.803. The van der Waals surface area contributed by atoms with E-state index in [-0.39, 0.29) is 5.91 Å². The molecule has 0 spiro atoms.